The summed E-state index contributed by atoms with van der Waals surface area (Å²) in [7, 11) is 0. The summed E-state index contributed by atoms with van der Waals surface area (Å²) in [6.45, 7) is 0. The van der Waals surface area contributed by atoms with Crippen LogP contribution < -0.4 is 0 Å². The minimum atomic E-state index is 0.527. The number of allylic oxidation sites excluding steroid dienone is 12. The minimum Gasteiger partial charge on any atom is -0.0841 e. The lowest BCUT2D eigenvalue weighted by Gasteiger charge is -2.23. The summed E-state index contributed by atoms with van der Waals surface area (Å²) < 4.78 is 0. The molecule has 18 heavy (non-hydrogen) atoms. The fourth-order valence-electron chi connectivity index (χ4n) is 2.80. The molecule has 0 N–H and O–H groups in total. The summed E-state index contributed by atoms with van der Waals surface area (Å²) in [5.41, 5.74) is 0. The van der Waals surface area contributed by atoms with Crippen LogP contribution >= 0.6 is 0 Å². The van der Waals surface area contributed by atoms with E-state index < -0.39 is 0 Å². The van der Waals surface area contributed by atoms with E-state index in [1.165, 1.54) is 0 Å². The summed E-state index contributed by atoms with van der Waals surface area (Å²) >= 11 is 0. The molecule has 0 saturated heterocycles. The Morgan fingerprint density at radius 1 is 0.556 bits per heavy atom. The van der Waals surface area contributed by atoms with Crippen LogP contribution in [0.5, 0.6) is 0 Å². The minimum absolute atomic E-state index is 0.527. The van der Waals surface area contributed by atoms with Crippen molar-refractivity contribution in [3.63, 3.8) is 0 Å². The zero-order valence-corrected chi connectivity index (χ0v) is 10.5. The van der Waals surface area contributed by atoms with E-state index in [1.54, 1.807) is 0 Å². The van der Waals surface area contributed by atoms with E-state index in [9.17, 15) is 0 Å². The van der Waals surface area contributed by atoms with Crippen molar-refractivity contribution in [2.45, 2.75) is 6.42 Å². The van der Waals surface area contributed by atoms with E-state index >= 15 is 0 Å². The summed E-state index contributed by atoms with van der Waals surface area (Å²) in [4.78, 5) is 0. The maximum absolute atomic E-state index is 2.37. The normalized spacial score (nSPS) is 30.9. The molecule has 3 aliphatic carbocycles. The van der Waals surface area contributed by atoms with Crippen LogP contribution in [0.3, 0.4) is 0 Å². The van der Waals surface area contributed by atoms with Crippen LogP contribution in [0, 0.1) is 30.1 Å². The third-order valence-corrected chi connectivity index (χ3v) is 3.88. The smallest absolute Gasteiger partial charge is 0.0841 e. The average molecular weight is 235 g/mol. The van der Waals surface area contributed by atoms with Crippen LogP contribution in [0.1, 0.15) is 6.42 Å². The highest BCUT2D eigenvalue weighted by atomic mass is 14.2. The maximum Gasteiger partial charge on any atom is 0.0924 e. The Hall–Kier alpha value is -1.69. The van der Waals surface area contributed by atoms with E-state index in [1.807, 2.05) is 0 Å². The van der Waals surface area contributed by atoms with Gasteiger partial charge < -0.3 is 0 Å². The number of rotatable bonds is 2. The van der Waals surface area contributed by atoms with Crippen molar-refractivity contribution in [3.05, 3.63) is 79.3 Å². The fourth-order valence-corrected chi connectivity index (χ4v) is 2.80. The molecule has 0 heteroatoms. The molecule has 0 unspecified atom stereocenters. The second-order valence-electron chi connectivity index (χ2n) is 5.13. The molecule has 0 amide bonds. The van der Waals surface area contributed by atoms with Crippen molar-refractivity contribution >= 4 is 0 Å². The van der Waals surface area contributed by atoms with Gasteiger partial charge in [0.05, 0.1) is 5.92 Å². The molecule has 0 radical (unpaired) electrons. The lowest BCUT2D eigenvalue weighted by atomic mass is 9.80. The molecule has 0 aromatic rings. The second-order valence-corrected chi connectivity index (χ2v) is 5.13. The molecule has 0 bridgehead atoms. The monoisotopic (exact) mass is 235 g/mol. The van der Waals surface area contributed by atoms with Crippen molar-refractivity contribution < 1.29 is 0 Å². The molecular formula is C18H19+. The molecule has 0 aliphatic heterocycles. The predicted molar refractivity (Wildman–Crippen MR) is 77.7 cm³/mol. The molecule has 0 saturated carbocycles. The topological polar surface area (TPSA) is 0 Å². The zero-order valence-electron chi connectivity index (χ0n) is 10.5. The van der Waals surface area contributed by atoms with Gasteiger partial charge in [-0.15, -0.1) is 0 Å². The zero-order chi connectivity index (χ0) is 12.2. The summed E-state index contributed by atoms with van der Waals surface area (Å²) in [6.07, 6.45) is 30.7. The van der Waals surface area contributed by atoms with Gasteiger partial charge in [-0.3, -0.25) is 0 Å². The number of hydrogen-bond acceptors (Lipinski definition) is 0. The second kappa shape index (κ2) is 5.30. The fraction of sp³-hybridized carbons (Fsp3) is 0.278. The molecule has 0 aromatic heterocycles. The van der Waals surface area contributed by atoms with Crippen LogP contribution in [-0.4, -0.2) is 0 Å². The standard InChI is InChI=1S/C18H19/c1-3-7-15(8-4-1)17-11-13-18(14-12-17)16-9-5-2-6-10-16/h1,3-18H,2H2/q+1. The Balaban J connectivity index is 1.66. The first-order valence-electron chi connectivity index (χ1n) is 6.82. The quantitative estimate of drug-likeness (QED) is 0.491. The van der Waals surface area contributed by atoms with Crippen molar-refractivity contribution in [1.82, 2.24) is 0 Å². The van der Waals surface area contributed by atoms with Crippen LogP contribution in [0.4, 0.5) is 0 Å². The van der Waals surface area contributed by atoms with Crippen molar-refractivity contribution in [1.29, 1.82) is 0 Å². The van der Waals surface area contributed by atoms with E-state index in [0.717, 1.165) is 6.42 Å². The first kappa shape index (κ1) is 11.4. The first-order valence-corrected chi connectivity index (χ1v) is 6.82. The van der Waals surface area contributed by atoms with Crippen LogP contribution in [0.15, 0.2) is 72.9 Å². The van der Waals surface area contributed by atoms with Crippen LogP contribution in [0.25, 0.3) is 0 Å². The van der Waals surface area contributed by atoms with Crippen molar-refractivity contribution in [2.75, 3.05) is 0 Å². The maximum atomic E-state index is 2.37. The van der Waals surface area contributed by atoms with Crippen molar-refractivity contribution in [2.24, 2.45) is 23.7 Å². The van der Waals surface area contributed by atoms with Gasteiger partial charge in [0, 0.05) is 48.5 Å². The van der Waals surface area contributed by atoms with Gasteiger partial charge in [-0.05, 0) is 6.42 Å². The first-order chi connectivity index (χ1) is 8.93. The third kappa shape index (κ3) is 2.43. The van der Waals surface area contributed by atoms with Gasteiger partial charge in [0.15, 0.2) is 0 Å². The Labute approximate surface area is 110 Å². The molecule has 0 fully saturated rings. The molecule has 0 heterocycles. The SMILES string of the molecule is C1=CC(C2C=CC(C3C=CCC=C3)C=C2)C=C[CH+]1. The number of hydrogen-bond donors (Lipinski definition) is 0. The highest BCUT2D eigenvalue weighted by Gasteiger charge is 2.22. The molecule has 0 atom stereocenters. The van der Waals surface area contributed by atoms with E-state index in [4.69, 9.17) is 0 Å². The Morgan fingerprint density at radius 2 is 1.00 bits per heavy atom. The Morgan fingerprint density at radius 3 is 1.56 bits per heavy atom. The summed E-state index contributed by atoms with van der Waals surface area (Å²) in [6, 6.07) is 0. The van der Waals surface area contributed by atoms with Gasteiger partial charge in [0.2, 0.25) is 0 Å². The van der Waals surface area contributed by atoms with E-state index in [2.05, 4.69) is 79.3 Å². The Kier molecular flexibility index (Phi) is 3.36. The lowest BCUT2D eigenvalue weighted by Crippen LogP contribution is -2.15. The van der Waals surface area contributed by atoms with Crippen molar-refractivity contribution in [3.8, 4) is 0 Å². The summed E-state index contributed by atoms with van der Waals surface area (Å²) in [5.74, 6) is 2.15. The van der Waals surface area contributed by atoms with Gasteiger partial charge in [-0.25, -0.2) is 0 Å². The molecular weight excluding hydrogens is 216 g/mol. The lowest BCUT2D eigenvalue weighted by molar-refractivity contribution is 0.602. The van der Waals surface area contributed by atoms with Gasteiger partial charge >= 0.3 is 0 Å². The average Bonchev–Trinajstić information content (AvgIpc) is 2.49. The highest BCUT2D eigenvalue weighted by Crippen LogP contribution is 2.30. The molecule has 0 nitrogen and oxygen atoms in total. The van der Waals surface area contributed by atoms with Gasteiger partial charge in [-0.1, -0.05) is 48.6 Å². The summed E-state index contributed by atoms with van der Waals surface area (Å²) in [5, 5.41) is 0. The largest absolute Gasteiger partial charge is 0.0924 e. The predicted octanol–water partition coefficient (Wildman–Crippen LogP) is 4.42. The van der Waals surface area contributed by atoms with Gasteiger partial charge in [0.1, 0.15) is 0 Å². The van der Waals surface area contributed by atoms with E-state index in [0.29, 0.717) is 23.7 Å². The molecule has 0 spiro atoms. The molecule has 3 aliphatic rings. The highest BCUT2D eigenvalue weighted by molar-refractivity contribution is 5.28. The van der Waals surface area contributed by atoms with Crippen LogP contribution in [-0.2, 0) is 0 Å². The molecule has 90 valence electrons. The molecule has 3 rings (SSSR count). The van der Waals surface area contributed by atoms with Gasteiger partial charge in [0.25, 0.3) is 0 Å². The third-order valence-electron chi connectivity index (χ3n) is 3.88. The van der Waals surface area contributed by atoms with Gasteiger partial charge in [-0.2, -0.15) is 0 Å². The Bertz CT molecular complexity index is 376. The van der Waals surface area contributed by atoms with E-state index in [-0.39, 0.29) is 0 Å². The van der Waals surface area contributed by atoms with Crippen LogP contribution in [0.2, 0.25) is 0 Å². The molecule has 0 aromatic carbocycles.